The Morgan fingerprint density at radius 1 is 0.923 bits per heavy atom. The van der Waals surface area contributed by atoms with Crippen molar-refractivity contribution in [3.8, 4) is 11.3 Å². The maximum Gasteiger partial charge on any atom is 0.348 e. The predicted octanol–water partition coefficient (Wildman–Crippen LogP) is 7.22. The maximum absolute atomic E-state index is 13.8. The number of carbonyl (C=O) groups excluding carboxylic acids is 3. The molecule has 4 rings (SSSR count). The van der Waals surface area contributed by atoms with Crippen molar-refractivity contribution >= 4 is 45.1 Å². The lowest BCUT2D eigenvalue weighted by Crippen LogP contribution is -2.17. The number of fused-ring (bicyclic) bond motifs is 1. The number of esters is 2. The van der Waals surface area contributed by atoms with Crippen LogP contribution in [0.2, 0.25) is 0 Å². The molecule has 0 aliphatic rings. The third-order valence-electron chi connectivity index (χ3n) is 6.07. The van der Waals surface area contributed by atoms with E-state index in [1.165, 1.54) is 5.56 Å². The topological polar surface area (TPSA) is 94.6 Å². The number of pyridine rings is 1. The van der Waals surface area contributed by atoms with Gasteiger partial charge in [-0.1, -0.05) is 49.4 Å². The number of rotatable bonds is 8. The Hall–Kier alpha value is -4.04. The molecule has 0 saturated heterocycles. The van der Waals surface area contributed by atoms with E-state index in [1.54, 1.807) is 40.7 Å². The van der Waals surface area contributed by atoms with E-state index >= 15 is 0 Å². The molecule has 39 heavy (non-hydrogen) atoms. The summed E-state index contributed by atoms with van der Waals surface area (Å²) in [5, 5.41) is 3.78. The smallest absolute Gasteiger partial charge is 0.348 e. The zero-order valence-corrected chi connectivity index (χ0v) is 23.8. The van der Waals surface area contributed by atoms with Crippen LogP contribution < -0.4 is 5.32 Å². The SMILES string of the molecule is CCc1ccc(-c2cc(C(=O)Nc3sc(C(=O)OC(C)C)c(C)c3C(=O)OC(C)C)c3ccccc3n2)cc1. The van der Waals surface area contributed by atoms with Gasteiger partial charge in [0.1, 0.15) is 9.88 Å². The van der Waals surface area contributed by atoms with E-state index in [2.05, 4.69) is 12.2 Å². The van der Waals surface area contributed by atoms with E-state index in [0.29, 0.717) is 27.7 Å². The first-order valence-corrected chi connectivity index (χ1v) is 13.8. The molecule has 1 amide bonds. The number of thiophene rings is 1. The number of hydrogen-bond acceptors (Lipinski definition) is 7. The predicted molar refractivity (Wildman–Crippen MR) is 155 cm³/mol. The van der Waals surface area contributed by atoms with Crippen LogP contribution in [0.3, 0.4) is 0 Å². The van der Waals surface area contributed by atoms with Crippen LogP contribution in [-0.2, 0) is 15.9 Å². The molecular weight excluding hydrogens is 512 g/mol. The van der Waals surface area contributed by atoms with Gasteiger partial charge in [-0.2, -0.15) is 0 Å². The Bertz CT molecular complexity index is 1540. The van der Waals surface area contributed by atoms with Crippen molar-refractivity contribution in [3.63, 3.8) is 0 Å². The summed E-state index contributed by atoms with van der Waals surface area (Å²) in [7, 11) is 0. The third kappa shape index (κ3) is 6.17. The van der Waals surface area contributed by atoms with E-state index in [1.807, 2.05) is 48.5 Å². The van der Waals surface area contributed by atoms with Gasteiger partial charge in [0.15, 0.2) is 0 Å². The van der Waals surface area contributed by atoms with Crippen molar-refractivity contribution in [2.75, 3.05) is 5.32 Å². The van der Waals surface area contributed by atoms with Crippen molar-refractivity contribution in [2.45, 2.75) is 60.2 Å². The lowest BCUT2D eigenvalue weighted by Gasteiger charge is -2.12. The van der Waals surface area contributed by atoms with Gasteiger partial charge in [-0.25, -0.2) is 14.6 Å². The van der Waals surface area contributed by atoms with Gasteiger partial charge in [0.05, 0.1) is 34.5 Å². The second-order valence-corrected chi connectivity index (χ2v) is 10.8. The second kappa shape index (κ2) is 11.8. The number of carbonyl (C=O) groups is 3. The average Bonchev–Trinajstić information content (AvgIpc) is 3.22. The summed E-state index contributed by atoms with van der Waals surface area (Å²) >= 11 is 1.00. The molecule has 2 aromatic heterocycles. The summed E-state index contributed by atoms with van der Waals surface area (Å²) in [4.78, 5) is 44.6. The van der Waals surface area contributed by atoms with E-state index in [0.717, 1.165) is 23.3 Å². The Balaban J connectivity index is 1.79. The minimum absolute atomic E-state index is 0.145. The van der Waals surface area contributed by atoms with E-state index in [4.69, 9.17) is 14.5 Å². The molecule has 0 spiro atoms. The molecule has 4 aromatic rings. The van der Waals surface area contributed by atoms with Crippen LogP contribution in [0.4, 0.5) is 5.00 Å². The molecule has 0 aliphatic carbocycles. The van der Waals surface area contributed by atoms with Crippen molar-refractivity contribution in [1.29, 1.82) is 0 Å². The van der Waals surface area contributed by atoms with Crippen molar-refractivity contribution in [2.24, 2.45) is 0 Å². The molecule has 0 atom stereocenters. The van der Waals surface area contributed by atoms with Crippen LogP contribution in [0.15, 0.2) is 54.6 Å². The lowest BCUT2D eigenvalue weighted by atomic mass is 10.0. The van der Waals surface area contributed by atoms with Gasteiger partial charge in [-0.15, -0.1) is 11.3 Å². The number of aromatic nitrogens is 1. The minimum atomic E-state index is -0.617. The van der Waals surface area contributed by atoms with Gasteiger partial charge in [-0.3, -0.25) is 4.79 Å². The molecule has 1 N–H and O–H groups in total. The van der Waals surface area contributed by atoms with Crippen molar-refractivity contribution in [3.05, 3.63) is 81.7 Å². The number of hydrogen-bond donors (Lipinski definition) is 1. The zero-order chi connectivity index (χ0) is 28.3. The Morgan fingerprint density at radius 3 is 2.21 bits per heavy atom. The maximum atomic E-state index is 13.8. The number of amides is 1. The lowest BCUT2D eigenvalue weighted by molar-refractivity contribution is 0.0378. The van der Waals surface area contributed by atoms with Crippen LogP contribution >= 0.6 is 11.3 Å². The number of para-hydroxylation sites is 1. The molecule has 0 fully saturated rings. The molecule has 0 aliphatic heterocycles. The van der Waals surface area contributed by atoms with Gasteiger partial charge < -0.3 is 14.8 Å². The van der Waals surface area contributed by atoms with Crippen molar-refractivity contribution in [1.82, 2.24) is 4.98 Å². The fourth-order valence-electron chi connectivity index (χ4n) is 4.18. The number of nitrogens with one attached hydrogen (secondary N) is 1. The summed E-state index contributed by atoms with van der Waals surface area (Å²) in [6.07, 6.45) is 0.210. The quantitative estimate of drug-likeness (QED) is 0.235. The fraction of sp³-hybridized carbons (Fsp3) is 0.290. The number of benzene rings is 2. The van der Waals surface area contributed by atoms with E-state index < -0.39 is 17.8 Å². The molecule has 2 heterocycles. The summed E-state index contributed by atoms with van der Waals surface area (Å²) < 4.78 is 10.8. The van der Waals surface area contributed by atoms with Gasteiger partial charge in [-0.05, 0) is 64.3 Å². The van der Waals surface area contributed by atoms with Gasteiger partial charge in [0.2, 0.25) is 0 Å². The first-order valence-electron chi connectivity index (χ1n) is 12.9. The molecule has 0 bridgehead atoms. The first-order chi connectivity index (χ1) is 18.6. The second-order valence-electron chi connectivity index (χ2n) is 9.75. The number of nitrogens with zero attached hydrogens (tertiary/aromatic N) is 1. The Morgan fingerprint density at radius 2 is 1.56 bits per heavy atom. The molecule has 0 saturated carbocycles. The van der Waals surface area contributed by atoms with E-state index in [9.17, 15) is 14.4 Å². The Labute approximate surface area is 232 Å². The first kappa shape index (κ1) is 28.0. The standard InChI is InChI=1S/C31H32N2O5S/c1-7-20-12-14-21(15-13-20)25-16-23(22-10-8-9-11-24(22)32-25)28(34)33-29-26(30(35)37-17(2)3)19(6)27(39-29)31(36)38-18(4)5/h8-18H,7H2,1-6H3,(H,33,34). The van der Waals surface area contributed by atoms with Gasteiger partial charge in [0.25, 0.3) is 5.91 Å². The minimum Gasteiger partial charge on any atom is -0.459 e. The molecule has 2 aromatic carbocycles. The summed E-state index contributed by atoms with van der Waals surface area (Å²) in [5.74, 6) is -1.60. The summed E-state index contributed by atoms with van der Waals surface area (Å²) in [6, 6.07) is 17.2. The average molecular weight is 545 g/mol. The summed E-state index contributed by atoms with van der Waals surface area (Å²) in [5.41, 5.74) is 4.37. The molecule has 0 radical (unpaired) electrons. The molecule has 7 nitrogen and oxygen atoms in total. The van der Waals surface area contributed by atoms with Crippen molar-refractivity contribution < 1.29 is 23.9 Å². The van der Waals surface area contributed by atoms with Crippen LogP contribution in [-0.4, -0.2) is 35.0 Å². The molecule has 0 unspecified atom stereocenters. The van der Waals surface area contributed by atoms with Crippen LogP contribution in [0.25, 0.3) is 22.2 Å². The van der Waals surface area contributed by atoms with Crippen LogP contribution in [0, 0.1) is 6.92 Å². The number of aryl methyl sites for hydroxylation is 1. The number of ether oxygens (including phenoxy) is 2. The highest BCUT2D eigenvalue weighted by molar-refractivity contribution is 7.18. The molecule has 202 valence electrons. The summed E-state index contributed by atoms with van der Waals surface area (Å²) in [6.45, 7) is 10.7. The van der Waals surface area contributed by atoms with Crippen LogP contribution in [0.5, 0.6) is 0 Å². The highest BCUT2D eigenvalue weighted by Crippen LogP contribution is 2.36. The zero-order valence-electron chi connectivity index (χ0n) is 23.0. The van der Waals surface area contributed by atoms with Gasteiger partial charge >= 0.3 is 11.9 Å². The van der Waals surface area contributed by atoms with Gasteiger partial charge in [0, 0.05) is 10.9 Å². The molecule has 8 heteroatoms. The largest absolute Gasteiger partial charge is 0.459 e. The monoisotopic (exact) mass is 544 g/mol. The fourth-order valence-corrected chi connectivity index (χ4v) is 5.25. The normalized spacial score (nSPS) is 11.2. The highest BCUT2D eigenvalue weighted by Gasteiger charge is 2.29. The van der Waals surface area contributed by atoms with E-state index in [-0.39, 0.29) is 27.6 Å². The third-order valence-corrected chi connectivity index (χ3v) is 7.25. The van der Waals surface area contributed by atoms with Crippen LogP contribution in [0.1, 0.15) is 76.1 Å². The highest BCUT2D eigenvalue weighted by atomic mass is 32.1. The number of anilines is 1. The molecular formula is C31H32N2O5S. The Kier molecular flexibility index (Phi) is 8.45.